The van der Waals surface area contributed by atoms with Gasteiger partial charge >= 0.3 is 0 Å². The predicted molar refractivity (Wildman–Crippen MR) is 244 cm³/mol. The number of hydrogen-bond acceptors (Lipinski definition) is 1. The van der Waals surface area contributed by atoms with Crippen molar-refractivity contribution < 1.29 is 0 Å². The van der Waals surface area contributed by atoms with E-state index in [1.807, 2.05) is 0 Å². The predicted octanol–water partition coefficient (Wildman–Crippen LogP) is 14.9. The van der Waals surface area contributed by atoms with Crippen LogP contribution in [0.5, 0.6) is 0 Å². The minimum Gasteiger partial charge on any atom is -0.310 e. The van der Waals surface area contributed by atoms with E-state index in [9.17, 15) is 0 Å². The molecule has 0 aromatic heterocycles. The third-order valence-corrected chi connectivity index (χ3v) is 23.3. The fourth-order valence-corrected chi connectivity index (χ4v) is 24.6. The Hall–Kier alpha value is -5.23. The van der Waals surface area contributed by atoms with Crippen LogP contribution in [0.2, 0.25) is 39.3 Å². The van der Waals surface area contributed by atoms with Gasteiger partial charge in [0.15, 0.2) is 0 Å². The van der Waals surface area contributed by atoms with Crippen molar-refractivity contribution in [3.63, 3.8) is 0 Å². The Labute approximate surface area is 328 Å². The molecule has 270 valence electrons. The molecule has 0 N–H and O–H groups in total. The van der Waals surface area contributed by atoms with Crippen molar-refractivity contribution in [2.24, 2.45) is 0 Å². The van der Waals surface area contributed by atoms with Crippen LogP contribution in [0.3, 0.4) is 0 Å². The van der Waals surface area contributed by atoms with Crippen molar-refractivity contribution in [1.29, 1.82) is 0 Å². The van der Waals surface area contributed by atoms with Gasteiger partial charge in [-0.05, 0) is 113 Å². The Morgan fingerprint density at radius 2 is 1.04 bits per heavy atom. The molecule has 0 radical (unpaired) electrons. The normalized spacial score (nSPS) is 15.2. The van der Waals surface area contributed by atoms with Crippen molar-refractivity contribution in [2.75, 3.05) is 4.90 Å². The first-order chi connectivity index (χ1) is 26.3. The van der Waals surface area contributed by atoms with Crippen LogP contribution >= 0.6 is 0 Å². The van der Waals surface area contributed by atoms with Crippen LogP contribution in [0.4, 0.5) is 17.1 Å². The molecule has 0 atom stereocenters. The molecule has 8 aromatic carbocycles. The highest BCUT2D eigenvalue weighted by molar-refractivity contribution is 7.00. The summed E-state index contributed by atoms with van der Waals surface area (Å²) in [5.41, 5.74) is 15.0. The summed E-state index contributed by atoms with van der Waals surface area (Å²) in [6, 6.07) is 57.8. The summed E-state index contributed by atoms with van der Waals surface area (Å²) >= 11 is 0. The largest absolute Gasteiger partial charge is 0.310 e. The zero-order valence-corrected chi connectivity index (χ0v) is 35.4. The Balaban J connectivity index is 1.27. The lowest BCUT2D eigenvalue weighted by atomic mass is 9.80. The van der Waals surface area contributed by atoms with E-state index >= 15 is 0 Å². The van der Waals surface area contributed by atoms with E-state index in [1.165, 1.54) is 82.8 Å². The number of hydrogen-bond donors (Lipinski definition) is 0. The molecule has 10 rings (SSSR count). The van der Waals surface area contributed by atoms with Crippen LogP contribution < -0.4 is 4.90 Å². The third kappa shape index (κ3) is 4.63. The molecule has 0 saturated carbocycles. The fraction of sp³-hybridized carbons (Fsp3) is 0.192. The van der Waals surface area contributed by atoms with Crippen molar-refractivity contribution >= 4 is 65.5 Å². The number of benzene rings is 8. The maximum atomic E-state index is 2.63. The van der Waals surface area contributed by atoms with Crippen LogP contribution in [-0.2, 0) is 10.1 Å². The van der Waals surface area contributed by atoms with Gasteiger partial charge in [-0.2, -0.15) is 0 Å². The van der Waals surface area contributed by atoms with Crippen LogP contribution in [0.1, 0.15) is 36.1 Å². The van der Waals surface area contributed by atoms with Gasteiger partial charge in [-0.1, -0.05) is 168 Å². The van der Waals surface area contributed by atoms with Gasteiger partial charge in [0.2, 0.25) is 0 Å². The van der Waals surface area contributed by atoms with Gasteiger partial charge < -0.3 is 4.90 Å². The molecule has 3 heteroatoms. The van der Waals surface area contributed by atoms with E-state index in [0.717, 1.165) is 0 Å². The van der Waals surface area contributed by atoms with Gasteiger partial charge in [0.25, 0.3) is 0 Å². The molecule has 8 aromatic rings. The summed E-state index contributed by atoms with van der Waals surface area (Å²) in [7, 11) is -3.78. The summed E-state index contributed by atoms with van der Waals surface area (Å²) < 4.78 is 0.0454. The first-order valence-electron chi connectivity index (χ1n) is 19.9. The molecule has 0 saturated heterocycles. The first-order valence-corrected chi connectivity index (χ1v) is 26.9. The van der Waals surface area contributed by atoms with E-state index in [0.29, 0.717) is 0 Å². The molecule has 0 spiro atoms. The van der Waals surface area contributed by atoms with E-state index in [2.05, 4.69) is 210 Å². The first kappa shape index (κ1) is 34.3. The zero-order valence-electron chi connectivity index (χ0n) is 33.4. The highest BCUT2D eigenvalue weighted by Gasteiger charge is 2.59. The average molecular weight is 744 g/mol. The van der Waals surface area contributed by atoms with Crippen LogP contribution in [0, 0.1) is 0 Å². The molecule has 0 amide bonds. The van der Waals surface area contributed by atoms with Crippen molar-refractivity contribution in [2.45, 2.75) is 63.2 Å². The van der Waals surface area contributed by atoms with Crippen molar-refractivity contribution in [3.05, 3.63) is 174 Å². The lowest BCUT2D eigenvalue weighted by Gasteiger charge is -2.51. The lowest BCUT2D eigenvalue weighted by molar-refractivity contribution is 0.661. The molecule has 0 bridgehead atoms. The summed E-state index contributed by atoms with van der Waals surface area (Å²) in [6.45, 7) is 20.6. The number of nitrogens with zero attached hydrogens (tertiary/aromatic N) is 1. The standard InChI is InChI=1S/C52H49NSi2/c1-51(2)45-25-17-16-24-43(45)48-40-23-15-14-20-36(40)33-47(50(48)51)53(38-21-10-9-11-22-38)39-27-29-41-37(30-39)26-28-42-44-31-34-18-12-13-19-35(34)32-46(44)52(49(41)42,54(3,4)5)55(6,7)8/h9-33H,1-8H3. The minimum absolute atomic E-state index is 0.0454. The van der Waals surface area contributed by atoms with Crippen LogP contribution in [0.15, 0.2) is 152 Å². The Bertz CT molecular complexity index is 2860. The number of para-hydroxylation sites is 1. The second-order valence-electron chi connectivity index (χ2n) is 18.6. The summed E-state index contributed by atoms with van der Waals surface area (Å²) in [5.74, 6) is 0. The SMILES string of the molecule is CC1(C)c2ccccc2-c2c1c(N(c1ccccc1)c1ccc3c4c(ccc3c1)-c1cc3ccccc3cc1C4([Si](C)(C)C)[Si](C)(C)C)cc1ccccc21. The zero-order chi connectivity index (χ0) is 38.1. The molecule has 1 nitrogen and oxygen atoms in total. The van der Waals surface area contributed by atoms with Gasteiger partial charge in [0, 0.05) is 21.5 Å². The third-order valence-electron chi connectivity index (χ3n) is 13.2. The Kier molecular flexibility index (Phi) is 7.26. The molecule has 0 fully saturated rings. The second-order valence-corrected chi connectivity index (χ2v) is 29.6. The maximum Gasteiger partial charge on any atom is 0.0579 e. The summed E-state index contributed by atoms with van der Waals surface area (Å²) in [6.07, 6.45) is 0. The highest BCUT2D eigenvalue weighted by Crippen LogP contribution is 2.61. The molecule has 0 unspecified atom stereocenters. The minimum atomic E-state index is -1.89. The smallest absolute Gasteiger partial charge is 0.0579 e. The van der Waals surface area contributed by atoms with E-state index in [-0.39, 0.29) is 10.1 Å². The molecule has 0 aliphatic heterocycles. The maximum absolute atomic E-state index is 2.63. The summed E-state index contributed by atoms with van der Waals surface area (Å²) in [5, 5.41) is 8.00. The topological polar surface area (TPSA) is 3.24 Å². The quantitative estimate of drug-likeness (QED) is 0.159. The van der Waals surface area contributed by atoms with Gasteiger partial charge in [-0.3, -0.25) is 0 Å². The molecule has 0 heterocycles. The molecular formula is C52H49NSi2. The van der Waals surface area contributed by atoms with E-state index in [4.69, 9.17) is 0 Å². The molecule has 2 aliphatic rings. The molecular weight excluding hydrogens is 695 g/mol. The van der Waals surface area contributed by atoms with Crippen LogP contribution in [0.25, 0.3) is 54.6 Å². The number of fused-ring (bicyclic) bond motifs is 11. The lowest BCUT2D eigenvalue weighted by Crippen LogP contribution is -2.63. The average Bonchev–Trinajstić information content (AvgIpc) is 3.61. The highest BCUT2D eigenvalue weighted by atomic mass is 28.4. The van der Waals surface area contributed by atoms with Crippen molar-refractivity contribution in [3.8, 4) is 22.3 Å². The monoisotopic (exact) mass is 743 g/mol. The molecule has 2 aliphatic carbocycles. The fourth-order valence-electron chi connectivity index (χ4n) is 11.5. The number of rotatable bonds is 5. The van der Waals surface area contributed by atoms with Crippen molar-refractivity contribution in [1.82, 2.24) is 0 Å². The van der Waals surface area contributed by atoms with Gasteiger partial charge in [0.1, 0.15) is 0 Å². The Morgan fingerprint density at radius 3 is 1.76 bits per heavy atom. The summed E-state index contributed by atoms with van der Waals surface area (Å²) in [4.78, 5) is 2.54. The van der Waals surface area contributed by atoms with Gasteiger partial charge in [0.05, 0.1) is 21.8 Å². The van der Waals surface area contributed by atoms with Gasteiger partial charge in [-0.25, -0.2) is 0 Å². The second kappa shape index (κ2) is 11.6. The van der Waals surface area contributed by atoms with Gasteiger partial charge in [-0.15, -0.1) is 0 Å². The van der Waals surface area contributed by atoms with Crippen LogP contribution in [-0.4, -0.2) is 16.1 Å². The van der Waals surface area contributed by atoms with E-state index in [1.54, 1.807) is 11.1 Å². The molecule has 55 heavy (non-hydrogen) atoms. The van der Waals surface area contributed by atoms with E-state index < -0.39 is 16.1 Å². The Morgan fingerprint density at radius 1 is 0.418 bits per heavy atom. The number of anilines is 3.